The number of carbonyl (C=O) groups excluding carboxylic acids is 3. The Bertz CT molecular complexity index is 1630. The van der Waals surface area contributed by atoms with Crippen molar-refractivity contribution in [1.82, 2.24) is 25.2 Å². The zero-order chi connectivity index (χ0) is 31.1. The summed E-state index contributed by atoms with van der Waals surface area (Å²) < 4.78 is 24.6. The smallest absolute Gasteiger partial charge is 0.339 e. The summed E-state index contributed by atoms with van der Waals surface area (Å²) in [6.07, 6.45) is -1.78. The molecule has 0 aliphatic carbocycles. The van der Waals surface area contributed by atoms with Crippen LogP contribution in [0.2, 0.25) is 10.0 Å². The molecule has 1 heterocycles. The van der Waals surface area contributed by atoms with Crippen LogP contribution < -0.4 is 5.43 Å². The Labute approximate surface area is 254 Å². The summed E-state index contributed by atoms with van der Waals surface area (Å²) in [5, 5.41) is 26.6. The molecule has 0 aliphatic heterocycles. The Morgan fingerprint density at radius 3 is 2.47 bits per heavy atom. The molecule has 0 bridgehead atoms. The van der Waals surface area contributed by atoms with Crippen LogP contribution in [0.3, 0.4) is 0 Å². The quantitative estimate of drug-likeness (QED) is 0.127. The summed E-state index contributed by atoms with van der Waals surface area (Å²) in [6, 6.07) is 16.5. The lowest BCUT2D eigenvalue weighted by Crippen LogP contribution is -2.48. The molecular weight excluding hydrogens is 608 g/mol. The fourth-order valence-corrected chi connectivity index (χ4v) is 4.16. The van der Waals surface area contributed by atoms with Crippen molar-refractivity contribution in [2.24, 2.45) is 0 Å². The number of halogens is 3. The van der Waals surface area contributed by atoms with Gasteiger partial charge in [0.15, 0.2) is 6.10 Å². The van der Waals surface area contributed by atoms with Crippen molar-refractivity contribution in [3.05, 3.63) is 94.0 Å². The van der Waals surface area contributed by atoms with E-state index in [1.54, 1.807) is 42.5 Å². The average Bonchev–Trinajstić information content (AvgIpc) is 3.36. The van der Waals surface area contributed by atoms with Crippen LogP contribution in [0.4, 0.5) is 4.39 Å². The second-order valence-corrected chi connectivity index (χ2v) is 9.88. The molecule has 43 heavy (non-hydrogen) atoms. The van der Waals surface area contributed by atoms with E-state index in [1.807, 2.05) is 0 Å². The lowest BCUT2D eigenvalue weighted by molar-refractivity contribution is -0.173. The summed E-state index contributed by atoms with van der Waals surface area (Å²) in [4.78, 5) is 40.0. The molecule has 0 saturated heterocycles. The van der Waals surface area contributed by atoms with Gasteiger partial charge in [0, 0.05) is 29.1 Å². The number of aromatic hydroxyl groups is 1. The largest absolute Gasteiger partial charge is 0.479 e. The second-order valence-electron chi connectivity index (χ2n) is 9.00. The van der Waals surface area contributed by atoms with Crippen molar-refractivity contribution in [3.8, 4) is 22.8 Å². The van der Waals surface area contributed by atoms with Crippen LogP contribution in [-0.2, 0) is 25.6 Å². The molecular formula is C28H24Cl2FN5O7. The molecule has 1 aromatic heterocycles. The van der Waals surface area contributed by atoms with Gasteiger partial charge in [-0.2, -0.15) is 9.67 Å². The molecule has 4 rings (SSSR count). The summed E-state index contributed by atoms with van der Waals surface area (Å²) in [5.41, 5.74) is 4.26. The molecule has 0 aliphatic rings. The van der Waals surface area contributed by atoms with E-state index in [0.717, 1.165) is 11.6 Å². The van der Waals surface area contributed by atoms with E-state index < -0.39 is 54.9 Å². The molecule has 12 nitrogen and oxygen atoms in total. The van der Waals surface area contributed by atoms with Gasteiger partial charge in [0.2, 0.25) is 12.6 Å². The van der Waals surface area contributed by atoms with Crippen LogP contribution in [0.5, 0.6) is 6.01 Å². The van der Waals surface area contributed by atoms with Crippen LogP contribution in [-0.4, -0.2) is 67.3 Å². The molecule has 0 unspecified atom stereocenters. The highest BCUT2D eigenvalue weighted by molar-refractivity contribution is 6.31. The maximum atomic E-state index is 14.3. The molecule has 0 radical (unpaired) electrons. The van der Waals surface area contributed by atoms with E-state index in [2.05, 4.69) is 20.2 Å². The number of esters is 2. The van der Waals surface area contributed by atoms with Gasteiger partial charge < -0.3 is 19.7 Å². The van der Waals surface area contributed by atoms with E-state index in [9.17, 15) is 29.0 Å². The van der Waals surface area contributed by atoms with Gasteiger partial charge in [-0.3, -0.25) is 15.0 Å². The van der Waals surface area contributed by atoms with Gasteiger partial charge in [-0.15, -0.1) is 5.10 Å². The maximum absolute atomic E-state index is 14.3. The minimum Gasteiger partial charge on any atom is -0.479 e. The number of aliphatic hydroxyl groups excluding tert-OH is 1. The zero-order valence-electron chi connectivity index (χ0n) is 22.4. The van der Waals surface area contributed by atoms with E-state index in [0.29, 0.717) is 26.9 Å². The molecule has 3 N–H and O–H groups in total. The number of ether oxygens (including phenoxy) is 2. The molecule has 4 aromatic rings. The summed E-state index contributed by atoms with van der Waals surface area (Å²) in [6.45, 7) is -0.119. The van der Waals surface area contributed by atoms with E-state index >= 15 is 0 Å². The molecule has 1 atom stereocenters. The number of hydrogen-bond donors (Lipinski definition) is 3. The molecule has 3 aromatic carbocycles. The van der Waals surface area contributed by atoms with Crippen LogP contribution >= 0.6 is 23.2 Å². The highest BCUT2D eigenvalue weighted by atomic mass is 35.5. The fourth-order valence-electron chi connectivity index (χ4n) is 3.80. The first kappa shape index (κ1) is 31.4. The standard InChI is InChI=1S/C28H24Cl2FN5O7/c1-16(37)42-15-43-27(40)24(38)14-35(13-17-5-7-18(8-6-17)22-12-20(30)9-10-23(22)31)34-26(39)25-32-28(41)36(33-25)21-4-2-3-19(29)11-21/h2-12,24,38H,13-15H2,1H3,(H,34,39)(H,32,33,41)/t24-/m1/s1. The van der Waals surface area contributed by atoms with Crippen LogP contribution in [0.15, 0.2) is 66.7 Å². The third-order valence-electron chi connectivity index (χ3n) is 5.80. The molecule has 224 valence electrons. The number of carbonyl (C=O) groups is 3. The van der Waals surface area contributed by atoms with Crippen molar-refractivity contribution < 1.29 is 38.5 Å². The predicted molar refractivity (Wildman–Crippen MR) is 151 cm³/mol. The zero-order valence-corrected chi connectivity index (χ0v) is 23.9. The predicted octanol–water partition coefficient (Wildman–Crippen LogP) is 3.66. The Morgan fingerprint density at radius 2 is 1.77 bits per heavy atom. The van der Waals surface area contributed by atoms with E-state index in [-0.39, 0.29) is 12.1 Å². The number of benzene rings is 3. The van der Waals surface area contributed by atoms with Gasteiger partial charge in [0.1, 0.15) is 5.82 Å². The summed E-state index contributed by atoms with van der Waals surface area (Å²) >= 11 is 12.0. The molecule has 0 saturated carbocycles. The van der Waals surface area contributed by atoms with E-state index in [4.69, 9.17) is 27.9 Å². The van der Waals surface area contributed by atoms with Crippen molar-refractivity contribution in [1.29, 1.82) is 0 Å². The Kier molecular flexibility index (Phi) is 10.3. The fraction of sp³-hybridized carbons (Fsp3) is 0.179. The number of rotatable bonds is 11. The van der Waals surface area contributed by atoms with Crippen LogP contribution in [0.25, 0.3) is 16.8 Å². The first-order valence-corrected chi connectivity index (χ1v) is 13.3. The third-order valence-corrected chi connectivity index (χ3v) is 6.27. The second kappa shape index (κ2) is 14.1. The SMILES string of the molecule is CC(=O)OCOC(=O)[C@H](O)CN(Cc1ccc(-c2cc(Cl)ccc2F)cc1)NC(=O)c1nc(O)n(-c2cccc(Cl)c2)n1. The minimum absolute atomic E-state index is 0.0562. The Hall–Kier alpha value is -4.56. The van der Waals surface area contributed by atoms with Gasteiger partial charge in [-0.05, 0) is 47.5 Å². The normalized spacial score (nSPS) is 11.7. The van der Waals surface area contributed by atoms with Crippen molar-refractivity contribution in [3.63, 3.8) is 0 Å². The topological polar surface area (TPSA) is 156 Å². The first-order chi connectivity index (χ1) is 20.5. The number of aromatic nitrogens is 3. The number of amides is 1. The molecule has 15 heteroatoms. The number of hydrogen-bond acceptors (Lipinski definition) is 10. The maximum Gasteiger partial charge on any atom is 0.339 e. The van der Waals surface area contributed by atoms with Crippen molar-refractivity contribution >= 4 is 41.0 Å². The number of aliphatic hydroxyl groups is 1. The van der Waals surface area contributed by atoms with Crippen LogP contribution in [0, 0.1) is 5.82 Å². The number of nitrogens with zero attached hydrogens (tertiary/aromatic N) is 4. The van der Waals surface area contributed by atoms with Gasteiger partial charge in [-0.25, -0.2) is 14.2 Å². The summed E-state index contributed by atoms with van der Waals surface area (Å²) in [5.74, 6) is -3.58. The Balaban J connectivity index is 1.53. The van der Waals surface area contributed by atoms with Gasteiger partial charge in [0.05, 0.1) is 12.2 Å². The van der Waals surface area contributed by atoms with Crippen molar-refractivity contribution in [2.75, 3.05) is 13.3 Å². The Morgan fingerprint density at radius 1 is 1.05 bits per heavy atom. The molecule has 0 fully saturated rings. The lowest BCUT2D eigenvalue weighted by Gasteiger charge is -2.24. The van der Waals surface area contributed by atoms with Crippen molar-refractivity contribution in [2.45, 2.75) is 19.6 Å². The minimum atomic E-state index is -1.78. The molecule has 1 amide bonds. The highest BCUT2D eigenvalue weighted by Gasteiger charge is 2.25. The number of nitrogens with one attached hydrogen (secondary N) is 1. The lowest BCUT2D eigenvalue weighted by atomic mass is 10.0. The summed E-state index contributed by atoms with van der Waals surface area (Å²) in [7, 11) is 0. The molecule has 0 spiro atoms. The van der Waals surface area contributed by atoms with E-state index in [1.165, 1.54) is 29.3 Å². The van der Waals surface area contributed by atoms with Gasteiger partial charge in [0.25, 0.3) is 0 Å². The average molecular weight is 632 g/mol. The monoisotopic (exact) mass is 631 g/mol. The first-order valence-electron chi connectivity index (χ1n) is 12.5. The van der Waals surface area contributed by atoms with Gasteiger partial charge >= 0.3 is 23.9 Å². The van der Waals surface area contributed by atoms with Crippen LogP contribution in [0.1, 0.15) is 23.1 Å². The third kappa shape index (κ3) is 8.49. The van der Waals surface area contributed by atoms with Gasteiger partial charge in [-0.1, -0.05) is 53.5 Å². The highest BCUT2D eigenvalue weighted by Crippen LogP contribution is 2.26. The number of hydrazine groups is 1.